The molecular weight excluding hydrogens is 308 g/mol. The first-order chi connectivity index (χ1) is 9.78. The van der Waals surface area contributed by atoms with E-state index in [0.29, 0.717) is 13.0 Å². The van der Waals surface area contributed by atoms with Crippen molar-refractivity contribution >= 4 is 35.8 Å². The number of carbonyl (C=O) groups is 1. The second kappa shape index (κ2) is 9.92. The van der Waals surface area contributed by atoms with Crippen LogP contribution in [0.3, 0.4) is 0 Å². The molecule has 1 aromatic carbocycles. The second-order valence-corrected chi connectivity index (χ2v) is 6.00. The Hall–Kier alpha value is -0.910. The van der Waals surface area contributed by atoms with Crippen molar-refractivity contribution in [3.05, 3.63) is 24.3 Å². The van der Waals surface area contributed by atoms with Crippen molar-refractivity contribution in [1.82, 2.24) is 5.32 Å². The van der Waals surface area contributed by atoms with Crippen molar-refractivity contribution in [2.45, 2.75) is 25.8 Å². The number of hydrogen-bond donors (Lipinski definition) is 2. The van der Waals surface area contributed by atoms with E-state index in [1.54, 1.807) is 0 Å². The van der Waals surface area contributed by atoms with Crippen LogP contribution in [0.25, 0.3) is 0 Å². The van der Waals surface area contributed by atoms with Gasteiger partial charge < -0.3 is 15.4 Å². The van der Waals surface area contributed by atoms with E-state index in [-0.39, 0.29) is 24.4 Å². The van der Waals surface area contributed by atoms with E-state index in [1.807, 2.05) is 36.0 Å². The number of nitrogens with one attached hydrogen (secondary N) is 2. The van der Waals surface area contributed by atoms with Gasteiger partial charge in [-0.05, 0) is 18.6 Å². The van der Waals surface area contributed by atoms with Crippen LogP contribution in [0, 0.1) is 0 Å². The Labute approximate surface area is 136 Å². The molecule has 1 heterocycles. The average Bonchev–Trinajstić information content (AvgIpc) is 2.46. The zero-order valence-electron chi connectivity index (χ0n) is 12.3. The minimum atomic E-state index is 0. The Morgan fingerprint density at radius 3 is 3.10 bits per heavy atom. The molecule has 2 N–H and O–H groups in total. The molecule has 0 saturated carbocycles. The predicted octanol–water partition coefficient (Wildman–Crippen LogP) is 2.93. The molecule has 0 aliphatic carbocycles. The topological polar surface area (TPSA) is 50.4 Å². The van der Waals surface area contributed by atoms with Crippen LogP contribution in [0.2, 0.25) is 0 Å². The molecule has 1 unspecified atom stereocenters. The quantitative estimate of drug-likeness (QED) is 0.842. The molecule has 1 aliphatic rings. The van der Waals surface area contributed by atoms with Gasteiger partial charge in [0.2, 0.25) is 5.91 Å². The molecule has 4 nitrogen and oxygen atoms in total. The molecule has 1 fully saturated rings. The lowest BCUT2D eigenvalue weighted by molar-refractivity contribution is -0.116. The van der Waals surface area contributed by atoms with Crippen LogP contribution in [-0.4, -0.2) is 36.6 Å². The predicted molar refractivity (Wildman–Crippen MR) is 91.8 cm³/mol. The van der Waals surface area contributed by atoms with Gasteiger partial charge in [-0.2, -0.15) is 11.8 Å². The Balaban J connectivity index is 0.00000220. The Kier molecular flexibility index (Phi) is 8.57. The molecule has 0 radical (unpaired) electrons. The molecular formula is C15H23ClN2O2S. The van der Waals surface area contributed by atoms with E-state index < -0.39 is 0 Å². The molecule has 1 aromatic rings. The van der Waals surface area contributed by atoms with Gasteiger partial charge in [0.05, 0.1) is 6.61 Å². The van der Waals surface area contributed by atoms with Crippen LogP contribution in [0.15, 0.2) is 24.3 Å². The van der Waals surface area contributed by atoms with Crippen molar-refractivity contribution in [3.8, 4) is 5.75 Å². The van der Waals surface area contributed by atoms with Gasteiger partial charge in [0.1, 0.15) is 5.75 Å². The van der Waals surface area contributed by atoms with Gasteiger partial charge in [-0.15, -0.1) is 12.4 Å². The molecule has 1 atom stereocenters. The summed E-state index contributed by atoms with van der Waals surface area (Å²) >= 11 is 1.90. The maximum absolute atomic E-state index is 12.0. The zero-order valence-corrected chi connectivity index (χ0v) is 13.9. The van der Waals surface area contributed by atoms with Crippen LogP contribution in [0.4, 0.5) is 5.69 Å². The first kappa shape index (κ1) is 18.1. The molecule has 2 rings (SSSR count). The fraction of sp³-hybridized carbons (Fsp3) is 0.533. The SMILES string of the molecule is CCCOc1cccc(NC(=O)CC2CSCCN2)c1.Cl. The van der Waals surface area contributed by atoms with Gasteiger partial charge in [-0.25, -0.2) is 0 Å². The Morgan fingerprint density at radius 2 is 2.38 bits per heavy atom. The summed E-state index contributed by atoms with van der Waals surface area (Å²) in [6.07, 6.45) is 1.49. The van der Waals surface area contributed by atoms with E-state index in [0.717, 1.165) is 35.9 Å². The van der Waals surface area contributed by atoms with E-state index in [1.165, 1.54) is 0 Å². The normalized spacial score (nSPS) is 17.7. The summed E-state index contributed by atoms with van der Waals surface area (Å²) in [7, 11) is 0. The highest BCUT2D eigenvalue weighted by atomic mass is 35.5. The third kappa shape index (κ3) is 6.59. The summed E-state index contributed by atoms with van der Waals surface area (Å²) in [5, 5.41) is 6.31. The summed E-state index contributed by atoms with van der Waals surface area (Å²) in [6, 6.07) is 7.85. The highest BCUT2D eigenvalue weighted by molar-refractivity contribution is 7.99. The third-order valence-electron chi connectivity index (χ3n) is 3.02. The fourth-order valence-corrected chi connectivity index (χ4v) is 3.02. The number of hydrogen-bond acceptors (Lipinski definition) is 4. The lowest BCUT2D eigenvalue weighted by Gasteiger charge is -2.22. The third-order valence-corrected chi connectivity index (χ3v) is 4.15. The molecule has 118 valence electrons. The summed E-state index contributed by atoms with van der Waals surface area (Å²) in [5.74, 6) is 3.00. The maximum Gasteiger partial charge on any atom is 0.225 e. The van der Waals surface area contributed by atoms with Crippen LogP contribution in [0.1, 0.15) is 19.8 Å². The number of carbonyl (C=O) groups excluding carboxylic acids is 1. The summed E-state index contributed by atoms with van der Waals surface area (Å²) in [4.78, 5) is 12.0. The van der Waals surface area contributed by atoms with E-state index in [2.05, 4.69) is 17.6 Å². The number of halogens is 1. The molecule has 1 saturated heterocycles. The molecule has 1 aliphatic heterocycles. The second-order valence-electron chi connectivity index (χ2n) is 4.85. The summed E-state index contributed by atoms with van der Waals surface area (Å²) in [6.45, 7) is 3.75. The first-order valence-electron chi connectivity index (χ1n) is 7.12. The van der Waals surface area contributed by atoms with Crippen LogP contribution in [0.5, 0.6) is 5.75 Å². The average molecular weight is 331 g/mol. The van der Waals surface area contributed by atoms with Gasteiger partial charge in [-0.3, -0.25) is 4.79 Å². The van der Waals surface area contributed by atoms with Gasteiger partial charge >= 0.3 is 0 Å². The lowest BCUT2D eigenvalue weighted by atomic mass is 10.2. The van der Waals surface area contributed by atoms with Gasteiger partial charge in [0.15, 0.2) is 0 Å². The highest BCUT2D eigenvalue weighted by Gasteiger charge is 2.16. The molecule has 1 amide bonds. The van der Waals surface area contributed by atoms with Crippen molar-refractivity contribution in [2.24, 2.45) is 0 Å². The monoisotopic (exact) mass is 330 g/mol. The number of thioether (sulfide) groups is 1. The van der Waals surface area contributed by atoms with Crippen molar-refractivity contribution in [3.63, 3.8) is 0 Å². The molecule has 0 spiro atoms. The Morgan fingerprint density at radius 1 is 1.52 bits per heavy atom. The van der Waals surface area contributed by atoms with Gasteiger partial charge in [-0.1, -0.05) is 13.0 Å². The van der Waals surface area contributed by atoms with Crippen LogP contribution >= 0.6 is 24.2 Å². The summed E-state index contributed by atoms with van der Waals surface area (Å²) < 4.78 is 5.56. The number of rotatable bonds is 6. The standard InChI is InChI=1S/C15H22N2O2S.ClH/c1-2-7-19-14-5-3-4-12(9-14)17-15(18)10-13-11-20-8-6-16-13;/h3-5,9,13,16H,2,6-8,10-11H2,1H3,(H,17,18);1H. The highest BCUT2D eigenvalue weighted by Crippen LogP contribution is 2.18. The zero-order chi connectivity index (χ0) is 14.2. The number of benzene rings is 1. The first-order valence-corrected chi connectivity index (χ1v) is 8.27. The molecule has 6 heteroatoms. The van der Waals surface area contributed by atoms with Gasteiger partial charge in [0.25, 0.3) is 0 Å². The molecule has 0 bridgehead atoms. The Bertz CT molecular complexity index is 439. The minimum Gasteiger partial charge on any atom is -0.494 e. The van der Waals surface area contributed by atoms with E-state index in [9.17, 15) is 4.79 Å². The minimum absolute atomic E-state index is 0. The van der Waals surface area contributed by atoms with E-state index in [4.69, 9.17) is 4.74 Å². The smallest absolute Gasteiger partial charge is 0.225 e. The van der Waals surface area contributed by atoms with E-state index >= 15 is 0 Å². The fourth-order valence-electron chi connectivity index (χ4n) is 2.07. The van der Waals surface area contributed by atoms with Gasteiger partial charge in [0, 0.05) is 42.3 Å². The maximum atomic E-state index is 12.0. The lowest BCUT2D eigenvalue weighted by Crippen LogP contribution is -2.39. The van der Waals surface area contributed by atoms with Crippen molar-refractivity contribution < 1.29 is 9.53 Å². The van der Waals surface area contributed by atoms with Crippen LogP contribution in [-0.2, 0) is 4.79 Å². The summed E-state index contributed by atoms with van der Waals surface area (Å²) in [5.41, 5.74) is 0.798. The largest absolute Gasteiger partial charge is 0.494 e. The van der Waals surface area contributed by atoms with Crippen molar-refractivity contribution in [2.75, 3.05) is 30.0 Å². The number of anilines is 1. The number of ether oxygens (including phenoxy) is 1. The van der Waals surface area contributed by atoms with Crippen molar-refractivity contribution in [1.29, 1.82) is 0 Å². The molecule has 0 aromatic heterocycles. The number of amides is 1. The van der Waals surface area contributed by atoms with Crippen LogP contribution < -0.4 is 15.4 Å². The molecule has 21 heavy (non-hydrogen) atoms.